The third-order valence-corrected chi connectivity index (χ3v) is 3.21. The van der Waals surface area contributed by atoms with Crippen molar-refractivity contribution in [3.63, 3.8) is 0 Å². The Morgan fingerprint density at radius 1 is 1.35 bits per heavy atom. The minimum absolute atomic E-state index is 0.0857. The quantitative estimate of drug-likeness (QED) is 0.651. The second-order valence-corrected chi connectivity index (χ2v) is 4.71. The maximum Gasteiger partial charge on any atom is 0.241 e. The minimum Gasteiger partial charge on any atom is -0.395 e. The summed E-state index contributed by atoms with van der Waals surface area (Å²) in [7, 11) is 0. The van der Waals surface area contributed by atoms with E-state index in [1.54, 1.807) is 4.90 Å². The minimum atomic E-state index is -0.428. The molecule has 6 nitrogen and oxygen atoms in total. The van der Waals surface area contributed by atoms with Crippen molar-refractivity contribution in [1.82, 2.24) is 15.5 Å². The molecule has 0 aliphatic carbocycles. The van der Waals surface area contributed by atoms with E-state index in [4.69, 9.17) is 5.11 Å². The van der Waals surface area contributed by atoms with Crippen LogP contribution in [0.4, 0.5) is 0 Å². The molecule has 1 aromatic carbocycles. The molecule has 3 N–H and O–H groups in total. The number of benzene rings is 1. The predicted octanol–water partition coefficient (Wildman–Crippen LogP) is -0.904. The van der Waals surface area contributed by atoms with Gasteiger partial charge in [-0.2, -0.15) is 0 Å². The van der Waals surface area contributed by atoms with Gasteiger partial charge in [0.15, 0.2) is 0 Å². The average Bonchev–Trinajstić information content (AvgIpc) is 2.48. The van der Waals surface area contributed by atoms with Gasteiger partial charge in [-0.3, -0.25) is 14.9 Å². The highest BCUT2D eigenvalue weighted by atomic mass is 16.3. The largest absolute Gasteiger partial charge is 0.395 e. The first-order valence-corrected chi connectivity index (χ1v) is 6.64. The third-order valence-electron chi connectivity index (χ3n) is 3.21. The fourth-order valence-electron chi connectivity index (χ4n) is 2.15. The fraction of sp³-hybridized carbons (Fsp3) is 0.429. The molecule has 0 spiro atoms. The Labute approximate surface area is 117 Å². The van der Waals surface area contributed by atoms with Crippen LogP contribution < -0.4 is 10.6 Å². The zero-order valence-corrected chi connectivity index (χ0v) is 11.2. The SMILES string of the molecule is O=C1CNC(C(=O)N(CCO)Cc2ccccc2)CN1. The van der Waals surface area contributed by atoms with E-state index in [0.717, 1.165) is 5.56 Å². The molecule has 0 saturated carbocycles. The summed E-state index contributed by atoms with van der Waals surface area (Å²) in [6, 6.07) is 9.19. The zero-order chi connectivity index (χ0) is 14.4. The van der Waals surface area contributed by atoms with Crippen LogP contribution in [0.2, 0.25) is 0 Å². The van der Waals surface area contributed by atoms with Gasteiger partial charge in [0, 0.05) is 19.6 Å². The molecule has 1 unspecified atom stereocenters. The monoisotopic (exact) mass is 277 g/mol. The molecule has 2 rings (SSSR count). The number of nitrogens with zero attached hydrogens (tertiary/aromatic N) is 1. The first-order valence-electron chi connectivity index (χ1n) is 6.64. The van der Waals surface area contributed by atoms with Crippen molar-refractivity contribution >= 4 is 11.8 Å². The summed E-state index contributed by atoms with van der Waals surface area (Å²) < 4.78 is 0. The standard InChI is InChI=1S/C14H19N3O3/c18-7-6-17(10-11-4-2-1-3-5-11)14(20)12-8-16-13(19)9-15-12/h1-5,12,15,18H,6-10H2,(H,16,19). The molecular weight excluding hydrogens is 258 g/mol. The lowest BCUT2D eigenvalue weighted by molar-refractivity contribution is -0.136. The van der Waals surface area contributed by atoms with Crippen molar-refractivity contribution in [3.8, 4) is 0 Å². The van der Waals surface area contributed by atoms with Crippen molar-refractivity contribution in [2.45, 2.75) is 12.6 Å². The van der Waals surface area contributed by atoms with Gasteiger partial charge in [-0.25, -0.2) is 0 Å². The lowest BCUT2D eigenvalue weighted by Crippen LogP contribution is -2.58. The highest BCUT2D eigenvalue weighted by molar-refractivity contribution is 5.86. The average molecular weight is 277 g/mol. The van der Waals surface area contributed by atoms with Crippen molar-refractivity contribution < 1.29 is 14.7 Å². The van der Waals surface area contributed by atoms with Gasteiger partial charge < -0.3 is 15.3 Å². The molecule has 108 valence electrons. The van der Waals surface area contributed by atoms with E-state index in [-0.39, 0.29) is 38.1 Å². The van der Waals surface area contributed by atoms with Crippen molar-refractivity contribution in [2.75, 3.05) is 26.2 Å². The van der Waals surface area contributed by atoms with Crippen LogP contribution in [-0.4, -0.2) is 54.1 Å². The van der Waals surface area contributed by atoms with Crippen LogP contribution in [0.3, 0.4) is 0 Å². The Morgan fingerprint density at radius 2 is 2.10 bits per heavy atom. The molecule has 6 heteroatoms. The van der Waals surface area contributed by atoms with Gasteiger partial charge in [-0.05, 0) is 5.56 Å². The molecule has 0 bridgehead atoms. The summed E-state index contributed by atoms with van der Waals surface area (Å²) in [6.45, 7) is 1.08. The lowest BCUT2D eigenvalue weighted by Gasteiger charge is -2.29. The number of aliphatic hydroxyl groups is 1. The second-order valence-electron chi connectivity index (χ2n) is 4.71. The van der Waals surface area contributed by atoms with Crippen LogP contribution in [-0.2, 0) is 16.1 Å². The number of nitrogens with one attached hydrogen (secondary N) is 2. The maximum atomic E-state index is 12.4. The molecule has 1 aromatic rings. The normalized spacial score (nSPS) is 18.4. The molecule has 2 amide bonds. The van der Waals surface area contributed by atoms with Gasteiger partial charge in [0.25, 0.3) is 0 Å². The number of piperazine rings is 1. The van der Waals surface area contributed by atoms with Crippen LogP contribution in [0, 0.1) is 0 Å². The first-order chi connectivity index (χ1) is 9.70. The first kappa shape index (κ1) is 14.5. The number of aliphatic hydroxyl groups excluding tert-OH is 1. The molecule has 0 radical (unpaired) electrons. The summed E-state index contributed by atoms with van der Waals surface area (Å²) in [5, 5.41) is 14.7. The summed E-state index contributed by atoms with van der Waals surface area (Å²) in [5.74, 6) is -0.214. The van der Waals surface area contributed by atoms with E-state index in [1.807, 2.05) is 30.3 Å². The zero-order valence-electron chi connectivity index (χ0n) is 11.2. The fourth-order valence-corrected chi connectivity index (χ4v) is 2.15. The van der Waals surface area contributed by atoms with Crippen LogP contribution in [0.1, 0.15) is 5.56 Å². The Balaban J connectivity index is 2.00. The van der Waals surface area contributed by atoms with E-state index in [2.05, 4.69) is 10.6 Å². The van der Waals surface area contributed by atoms with Gasteiger partial charge in [0.05, 0.1) is 13.2 Å². The van der Waals surface area contributed by atoms with Crippen molar-refractivity contribution in [3.05, 3.63) is 35.9 Å². The molecular formula is C14H19N3O3. The van der Waals surface area contributed by atoms with Crippen LogP contribution in [0.15, 0.2) is 30.3 Å². The smallest absolute Gasteiger partial charge is 0.241 e. The Bertz CT molecular complexity index is 454. The number of carbonyl (C=O) groups is 2. The number of carbonyl (C=O) groups excluding carboxylic acids is 2. The van der Waals surface area contributed by atoms with E-state index in [0.29, 0.717) is 6.54 Å². The van der Waals surface area contributed by atoms with E-state index >= 15 is 0 Å². The van der Waals surface area contributed by atoms with E-state index < -0.39 is 6.04 Å². The van der Waals surface area contributed by atoms with E-state index in [1.165, 1.54) is 0 Å². The maximum absolute atomic E-state index is 12.4. The van der Waals surface area contributed by atoms with Crippen LogP contribution in [0.25, 0.3) is 0 Å². The summed E-state index contributed by atoms with van der Waals surface area (Å²) in [4.78, 5) is 25.1. The molecule has 1 fully saturated rings. The summed E-state index contributed by atoms with van der Waals surface area (Å²) >= 11 is 0. The lowest BCUT2D eigenvalue weighted by atomic mass is 10.1. The van der Waals surface area contributed by atoms with Gasteiger partial charge in [0.1, 0.15) is 6.04 Å². The number of hydrogen-bond donors (Lipinski definition) is 3. The number of amides is 2. The van der Waals surface area contributed by atoms with Crippen LogP contribution >= 0.6 is 0 Å². The van der Waals surface area contributed by atoms with Gasteiger partial charge >= 0.3 is 0 Å². The predicted molar refractivity (Wildman–Crippen MR) is 73.7 cm³/mol. The topological polar surface area (TPSA) is 81.7 Å². The number of hydrogen-bond acceptors (Lipinski definition) is 4. The highest BCUT2D eigenvalue weighted by Gasteiger charge is 2.27. The highest BCUT2D eigenvalue weighted by Crippen LogP contribution is 2.06. The van der Waals surface area contributed by atoms with Gasteiger partial charge in [-0.1, -0.05) is 30.3 Å². The van der Waals surface area contributed by atoms with E-state index in [9.17, 15) is 9.59 Å². The summed E-state index contributed by atoms with van der Waals surface area (Å²) in [6.07, 6.45) is 0. The molecule has 1 atom stereocenters. The van der Waals surface area contributed by atoms with Crippen LogP contribution in [0.5, 0.6) is 0 Å². The number of rotatable bonds is 5. The Morgan fingerprint density at radius 3 is 2.70 bits per heavy atom. The summed E-state index contributed by atoms with van der Waals surface area (Å²) in [5.41, 5.74) is 1.01. The Hall–Kier alpha value is -1.92. The molecule has 1 aliphatic heterocycles. The molecule has 20 heavy (non-hydrogen) atoms. The second kappa shape index (κ2) is 7.02. The molecule has 1 heterocycles. The molecule has 0 aromatic heterocycles. The van der Waals surface area contributed by atoms with Crippen molar-refractivity contribution in [2.24, 2.45) is 0 Å². The van der Waals surface area contributed by atoms with Gasteiger partial charge in [-0.15, -0.1) is 0 Å². The third kappa shape index (κ3) is 3.79. The van der Waals surface area contributed by atoms with Gasteiger partial charge in [0.2, 0.25) is 11.8 Å². The Kier molecular flexibility index (Phi) is 5.09. The molecule has 1 saturated heterocycles. The van der Waals surface area contributed by atoms with Crippen molar-refractivity contribution in [1.29, 1.82) is 0 Å². The molecule has 1 aliphatic rings.